The second-order valence-electron chi connectivity index (χ2n) is 5.25. The fraction of sp³-hybridized carbons (Fsp3) is 0.353. The van der Waals surface area contributed by atoms with Crippen molar-refractivity contribution in [2.45, 2.75) is 38.7 Å². The van der Waals surface area contributed by atoms with E-state index in [2.05, 4.69) is 24.8 Å². The maximum atomic E-state index is 11.9. The maximum absolute atomic E-state index is 11.9. The lowest BCUT2D eigenvalue weighted by Gasteiger charge is -2.28. The lowest BCUT2D eigenvalue weighted by molar-refractivity contribution is -0.153. The SMILES string of the molecule is C=C(C)C(=O)OC1(CC=CC)Cc2ccccc2C1. The van der Waals surface area contributed by atoms with Crippen molar-refractivity contribution in [1.29, 1.82) is 0 Å². The van der Waals surface area contributed by atoms with Crippen LogP contribution in [0.2, 0.25) is 0 Å². The monoisotopic (exact) mass is 256 g/mol. The molecule has 0 heterocycles. The second-order valence-corrected chi connectivity index (χ2v) is 5.25. The Balaban J connectivity index is 2.24. The Kier molecular flexibility index (Phi) is 3.89. The van der Waals surface area contributed by atoms with Crippen molar-refractivity contribution in [3.63, 3.8) is 0 Å². The minimum atomic E-state index is -0.438. The van der Waals surface area contributed by atoms with Gasteiger partial charge in [0.1, 0.15) is 5.60 Å². The fourth-order valence-electron chi connectivity index (χ4n) is 2.53. The van der Waals surface area contributed by atoms with Gasteiger partial charge in [0, 0.05) is 24.8 Å². The summed E-state index contributed by atoms with van der Waals surface area (Å²) >= 11 is 0. The molecule has 0 spiro atoms. The Labute approximate surface area is 114 Å². The van der Waals surface area contributed by atoms with Crippen molar-refractivity contribution in [1.82, 2.24) is 0 Å². The molecule has 0 radical (unpaired) electrons. The van der Waals surface area contributed by atoms with Crippen LogP contribution in [0.25, 0.3) is 0 Å². The number of carbonyl (C=O) groups is 1. The van der Waals surface area contributed by atoms with Gasteiger partial charge in [0.15, 0.2) is 0 Å². The number of rotatable bonds is 4. The van der Waals surface area contributed by atoms with Crippen LogP contribution < -0.4 is 0 Å². The van der Waals surface area contributed by atoms with E-state index in [0.29, 0.717) is 5.57 Å². The van der Waals surface area contributed by atoms with Gasteiger partial charge in [-0.05, 0) is 25.0 Å². The third-order valence-electron chi connectivity index (χ3n) is 3.53. The molecule has 19 heavy (non-hydrogen) atoms. The summed E-state index contributed by atoms with van der Waals surface area (Å²) in [6.07, 6.45) is 6.38. The average molecular weight is 256 g/mol. The molecule has 0 saturated heterocycles. The number of hydrogen-bond acceptors (Lipinski definition) is 2. The van der Waals surface area contributed by atoms with Crippen LogP contribution >= 0.6 is 0 Å². The third kappa shape index (κ3) is 2.95. The Bertz CT molecular complexity index is 501. The summed E-state index contributed by atoms with van der Waals surface area (Å²) in [7, 11) is 0. The van der Waals surface area contributed by atoms with E-state index in [4.69, 9.17) is 4.74 Å². The standard InChI is InChI=1S/C17H20O2/c1-4-5-10-17(19-16(18)13(2)3)11-14-8-6-7-9-15(14)12-17/h4-9H,2,10-12H2,1,3H3. The highest BCUT2D eigenvalue weighted by Crippen LogP contribution is 2.36. The molecule has 100 valence electrons. The van der Waals surface area contributed by atoms with Gasteiger partial charge in [-0.2, -0.15) is 0 Å². The molecule has 0 unspecified atom stereocenters. The average Bonchev–Trinajstić information content (AvgIpc) is 2.74. The summed E-state index contributed by atoms with van der Waals surface area (Å²) in [5, 5.41) is 0. The molecule has 0 bridgehead atoms. The van der Waals surface area contributed by atoms with Crippen LogP contribution in [0.4, 0.5) is 0 Å². The van der Waals surface area contributed by atoms with Crippen molar-refractivity contribution in [3.05, 3.63) is 59.7 Å². The highest BCUT2D eigenvalue weighted by atomic mass is 16.6. The van der Waals surface area contributed by atoms with Crippen LogP contribution in [0.1, 0.15) is 31.4 Å². The molecule has 0 aliphatic heterocycles. The summed E-state index contributed by atoms with van der Waals surface area (Å²) < 4.78 is 5.76. The Hall–Kier alpha value is -1.83. The molecule has 1 aromatic carbocycles. The Morgan fingerprint density at radius 1 is 1.37 bits per heavy atom. The van der Waals surface area contributed by atoms with Crippen LogP contribution in [0.3, 0.4) is 0 Å². The topological polar surface area (TPSA) is 26.3 Å². The molecule has 1 aliphatic carbocycles. The minimum Gasteiger partial charge on any atom is -0.455 e. The largest absolute Gasteiger partial charge is 0.455 e. The van der Waals surface area contributed by atoms with Crippen LogP contribution in [-0.4, -0.2) is 11.6 Å². The van der Waals surface area contributed by atoms with E-state index in [9.17, 15) is 4.79 Å². The summed E-state index contributed by atoms with van der Waals surface area (Å²) in [5.41, 5.74) is 2.57. The lowest BCUT2D eigenvalue weighted by atomic mass is 9.95. The molecule has 1 aromatic rings. The highest BCUT2D eigenvalue weighted by molar-refractivity contribution is 5.87. The molecule has 0 aromatic heterocycles. The zero-order chi connectivity index (χ0) is 13.9. The maximum Gasteiger partial charge on any atom is 0.333 e. The van der Waals surface area contributed by atoms with Crippen molar-refractivity contribution < 1.29 is 9.53 Å². The molecule has 2 nitrogen and oxygen atoms in total. The van der Waals surface area contributed by atoms with Gasteiger partial charge in [0.2, 0.25) is 0 Å². The summed E-state index contributed by atoms with van der Waals surface area (Å²) in [6.45, 7) is 7.34. The fourth-order valence-corrected chi connectivity index (χ4v) is 2.53. The number of benzene rings is 1. The van der Waals surface area contributed by atoms with Crippen molar-refractivity contribution in [2.75, 3.05) is 0 Å². The molecule has 0 atom stereocenters. The number of hydrogen-bond donors (Lipinski definition) is 0. The molecule has 0 saturated carbocycles. The minimum absolute atomic E-state index is 0.294. The van der Waals surface area contributed by atoms with Gasteiger partial charge in [0.05, 0.1) is 0 Å². The Morgan fingerprint density at radius 2 is 1.95 bits per heavy atom. The van der Waals surface area contributed by atoms with Gasteiger partial charge in [-0.1, -0.05) is 43.0 Å². The van der Waals surface area contributed by atoms with E-state index < -0.39 is 5.60 Å². The van der Waals surface area contributed by atoms with Gasteiger partial charge in [0.25, 0.3) is 0 Å². The van der Waals surface area contributed by atoms with Gasteiger partial charge < -0.3 is 4.74 Å². The highest BCUT2D eigenvalue weighted by Gasteiger charge is 2.39. The van der Waals surface area contributed by atoms with Crippen LogP contribution in [0, 0.1) is 0 Å². The van der Waals surface area contributed by atoms with E-state index in [-0.39, 0.29) is 5.97 Å². The van der Waals surface area contributed by atoms with Gasteiger partial charge in [-0.15, -0.1) is 0 Å². The van der Waals surface area contributed by atoms with E-state index in [1.807, 2.05) is 25.1 Å². The van der Waals surface area contributed by atoms with Crippen molar-refractivity contribution >= 4 is 5.97 Å². The molecule has 2 rings (SSSR count). The Morgan fingerprint density at radius 3 is 2.42 bits per heavy atom. The van der Waals surface area contributed by atoms with E-state index in [1.165, 1.54) is 11.1 Å². The number of ether oxygens (including phenoxy) is 1. The predicted molar refractivity (Wildman–Crippen MR) is 76.9 cm³/mol. The first-order chi connectivity index (χ1) is 9.06. The lowest BCUT2D eigenvalue weighted by Crippen LogP contribution is -2.35. The number of carbonyl (C=O) groups excluding carboxylic acids is 1. The van der Waals surface area contributed by atoms with Crippen LogP contribution in [0.5, 0.6) is 0 Å². The summed E-state index contributed by atoms with van der Waals surface area (Å²) in [5.74, 6) is -0.294. The number of allylic oxidation sites excluding steroid dienone is 1. The number of esters is 1. The van der Waals surface area contributed by atoms with E-state index in [0.717, 1.165) is 19.3 Å². The van der Waals surface area contributed by atoms with E-state index in [1.54, 1.807) is 6.92 Å². The first-order valence-corrected chi connectivity index (χ1v) is 6.63. The first-order valence-electron chi connectivity index (χ1n) is 6.63. The van der Waals surface area contributed by atoms with Crippen molar-refractivity contribution in [3.8, 4) is 0 Å². The van der Waals surface area contributed by atoms with Crippen LogP contribution in [0.15, 0.2) is 48.6 Å². The van der Waals surface area contributed by atoms with Gasteiger partial charge >= 0.3 is 5.97 Å². The zero-order valence-corrected chi connectivity index (χ0v) is 11.6. The molecular formula is C17H20O2. The molecule has 0 N–H and O–H groups in total. The smallest absolute Gasteiger partial charge is 0.333 e. The third-order valence-corrected chi connectivity index (χ3v) is 3.53. The predicted octanol–water partition coefficient (Wildman–Crippen LogP) is 3.61. The normalized spacial score (nSPS) is 16.3. The quantitative estimate of drug-likeness (QED) is 0.467. The molecule has 0 fully saturated rings. The molecule has 0 amide bonds. The molecule has 2 heteroatoms. The number of fused-ring (bicyclic) bond motifs is 1. The first kappa shape index (κ1) is 13.6. The summed E-state index contributed by atoms with van der Waals surface area (Å²) in [4.78, 5) is 11.9. The van der Waals surface area contributed by atoms with E-state index >= 15 is 0 Å². The summed E-state index contributed by atoms with van der Waals surface area (Å²) in [6, 6.07) is 8.29. The second kappa shape index (κ2) is 5.43. The van der Waals surface area contributed by atoms with Crippen LogP contribution in [-0.2, 0) is 22.4 Å². The van der Waals surface area contributed by atoms with Gasteiger partial charge in [-0.25, -0.2) is 4.79 Å². The molecular weight excluding hydrogens is 236 g/mol. The molecule has 1 aliphatic rings. The van der Waals surface area contributed by atoms with Gasteiger partial charge in [-0.3, -0.25) is 0 Å². The zero-order valence-electron chi connectivity index (χ0n) is 11.6. The van der Waals surface area contributed by atoms with Crippen molar-refractivity contribution in [2.24, 2.45) is 0 Å².